The molecule has 2 fully saturated rings. The molecular weight excluding hydrogens is 242 g/mol. The summed E-state index contributed by atoms with van der Waals surface area (Å²) in [5, 5.41) is 6.61. The third kappa shape index (κ3) is 2.06. The summed E-state index contributed by atoms with van der Waals surface area (Å²) in [5.74, 6) is 0.656. The van der Waals surface area contributed by atoms with Gasteiger partial charge in [0.05, 0.1) is 5.56 Å². The molecule has 2 aliphatic rings. The number of aromatic nitrogens is 2. The predicted octanol–water partition coefficient (Wildman–Crippen LogP) is 0.382. The second-order valence-corrected chi connectivity index (χ2v) is 5.47. The van der Waals surface area contributed by atoms with Crippen LogP contribution in [0.2, 0.25) is 0 Å². The summed E-state index contributed by atoms with van der Waals surface area (Å²) in [6.07, 6.45) is 5.98. The van der Waals surface area contributed by atoms with Gasteiger partial charge in [-0.2, -0.15) is 0 Å². The molecule has 0 aromatic carbocycles. The van der Waals surface area contributed by atoms with Crippen LogP contribution >= 0.6 is 0 Å². The Hall–Kier alpha value is -1.69. The fraction of sp³-hybridized carbons (Fsp3) is 0.615. The molecule has 1 atom stereocenters. The lowest BCUT2D eigenvalue weighted by molar-refractivity contribution is 0.0882. The standard InChI is InChI=1S/C13H19N5O/c1-8-15-7-9(11(14)17-8)12(19)18-10-3-6-16-13(10)4-2-5-13/h7,10,16H,2-6H2,1H3,(H,18,19)(H2,14,15,17). The van der Waals surface area contributed by atoms with Crippen LogP contribution in [0.5, 0.6) is 0 Å². The monoisotopic (exact) mass is 261 g/mol. The van der Waals surface area contributed by atoms with Gasteiger partial charge in [0.2, 0.25) is 0 Å². The van der Waals surface area contributed by atoms with Crippen molar-refractivity contribution in [1.29, 1.82) is 0 Å². The number of amides is 1. The van der Waals surface area contributed by atoms with Crippen LogP contribution in [0, 0.1) is 6.92 Å². The van der Waals surface area contributed by atoms with Crippen LogP contribution in [-0.2, 0) is 0 Å². The van der Waals surface area contributed by atoms with E-state index in [4.69, 9.17) is 5.73 Å². The van der Waals surface area contributed by atoms with E-state index in [1.807, 2.05) is 0 Å². The zero-order valence-corrected chi connectivity index (χ0v) is 11.1. The molecule has 0 radical (unpaired) electrons. The molecule has 0 bridgehead atoms. The molecular formula is C13H19N5O. The summed E-state index contributed by atoms with van der Waals surface area (Å²) >= 11 is 0. The van der Waals surface area contributed by atoms with Gasteiger partial charge in [-0.3, -0.25) is 4.79 Å². The number of nitrogen functional groups attached to an aromatic ring is 1. The highest BCUT2D eigenvalue weighted by Crippen LogP contribution is 2.39. The van der Waals surface area contributed by atoms with Crippen molar-refractivity contribution in [2.75, 3.05) is 12.3 Å². The van der Waals surface area contributed by atoms with Crippen molar-refractivity contribution in [2.24, 2.45) is 0 Å². The van der Waals surface area contributed by atoms with E-state index in [1.54, 1.807) is 6.92 Å². The van der Waals surface area contributed by atoms with E-state index in [2.05, 4.69) is 20.6 Å². The molecule has 3 rings (SSSR count). The third-order valence-corrected chi connectivity index (χ3v) is 4.31. The molecule has 1 aliphatic heterocycles. The number of hydrogen-bond acceptors (Lipinski definition) is 5. The smallest absolute Gasteiger partial charge is 0.256 e. The van der Waals surface area contributed by atoms with Gasteiger partial charge in [-0.25, -0.2) is 9.97 Å². The number of rotatable bonds is 2. The van der Waals surface area contributed by atoms with Crippen LogP contribution in [-0.4, -0.2) is 34.0 Å². The second kappa shape index (κ2) is 4.45. The number of hydrogen-bond donors (Lipinski definition) is 3. The van der Waals surface area contributed by atoms with E-state index in [-0.39, 0.29) is 23.3 Å². The maximum atomic E-state index is 12.3. The number of carbonyl (C=O) groups is 1. The highest BCUT2D eigenvalue weighted by atomic mass is 16.1. The normalized spacial score (nSPS) is 24.2. The SMILES string of the molecule is Cc1ncc(C(=O)NC2CCNC23CCC3)c(N)n1. The van der Waals surface area contributed by atoms with Crippen molar-refractivity contribution in [3.05, 3.63) is 17.6 Å². The topological polar surface area (TPSA) is 92.9 Å². The lowest BCUT2D eigenvalue weighted by Crippen LogP contribution is -2.59. The molecule has 6 heteroatoms. The summed E-state index contributed by atoms with van der Waals surface area (Å²) in [4.78, 5) is 20.3. The Bertz CT molecular complexity index is 512. The van der Waals surface area contributed by atoms with Gasteiger partial charge in [0.25, 0.3) is 5.91 Å². The average molecular weight is 261 g/mol. The molecule has 102 valence electrons. The van der Waals surface area contributed by atoms with Crippen molar-refractivity contribution in [3.63, 3.8) is 0 Å². The molecule has 4 N–H and O–H groups in total. The van der Waals surface area contributed by atoms with Crippen molar-refractivity contribution in [1.82, 2.24) is 20.6 Å². The van der Waals surface area contributed by atoms with Crippen LogP contribution in [0.3, 0.4) is 0 Å². The Morgan fingerprint density at radius 3 is 3.00 bits per heavy atom. The Balaban J connectivity index is 1.74. The average Bonchev–Trinajstić information content (AvgIpc) is 2.72. The first-order valence-electron chi connectivity index (χ1n) is 6.76. The lowest BCUT2D eigenvalue weighted by atomic mass is 9.73. The number of nitrogens with one attached hydrogen (secondary N) is 2. The molecule has 1 aliphatic carbocycles. The first kappa shape index (κ1) is 12.3. The molecule has 1 aromatic heterocycles. The van der Waals surface area contributed by atoms with E-state index >= 15 is 0 Å². The summed E-state index contributed by atoms with van der Waals surface area (Å²) in [6, 6.07) is 0.189. The molecule has 1 saturated heterocycles. The largest absolute Gasteiger partial charge is 0.383 e. The lowest BCUT2D eigenvalue weighted by Gasteiger charge is -2.43. The molecule has 1 spiro atoms. The fourth-order valence-corrected chi connectivity index (χ4v) is 3.06. The van der Waals surface area contributed by atoms with Crippen LogP contribution in [0.25, 0.3) is 0 Å². The number of anilines is 1. The van der Waals surface area contributed by atoms with Gasteiger partial charge in [0.15, 0.2) is 0 Å². The van der Waals surface area contributed by atoms with Crippen molar-refractivity contribution in [3.8, 4) is 0 Å². The van der Waals surface area contributed by atoms with Crippen LogP contribution in [0.1, 0.15) is 41.9 Å². The number of aryl methyl sites for hydroxylation is 1. The molecule has 6 nitrogen and oxygen atoms in total. The highest BCUT2D eigenvalue weighted by Gasteiger charge is 2.47. The van der Waals surface area contributed by atoms with E-state index < -0.39 is 0 Å². The van der Waals surface area contributed by atoms with Gasteiger partial charge in [-0.1, -0.05) is 0 Å². The molecule has 1 aromatic rings. The van der Waals surface area contributed by atoms with Crippen LogP contribution in [0.4, 0.5) is 5.82 Å². The molecule has 2 heterocycles. The van der Waals surface area contributed by atoms with Crippen LogP contribution < -0.4 is 16.4 Å². The van der Waals surface area contributed by atoms with Gasteiger partial charge < -0.3 is 16.4 Å². The molecule has 19 heavy (non-hydrogen) atoms. The zero-order chi connectivity index (χ0) is 13.5. The van der Waals surface area contributed by atoms with Gasteiger partial charge in [0, 0.05) is 17.8 Å². The highest BCUT2D eigenvalue weighted by molar-refractivity contribution is 5.98. The Morgan fingerprint density at radius 1 is 1.58 bits per heavy atom. The maximum absolute atomic E-state index is 12.3. The Morgan fingerprint density at radius 2 is 2.37 bits per heavy atom. The van der Waals surface area contributed by atoms with E-state index in [9.17, 15) is 4.79 Å². The molecule has 1 saturated carbocycles. The maximum Gasteiger partial charge on any atom is 0.256 e. The summed E-state index contributed by atoms with van der Waals surface area (Å²) in [7, 11) is 0. The minimum absolute atomic E-state index is 0.121. The van der Waals surface area contributed by atoms with Crippen molar-refractivity contribution < 1.29 is 4.79 Å². The second-order valence-electron chi connectivity index (χ2n) is 5.47. The zero-order valence-electron chi connectivity index (χ0n) is 11.1. The number of carbonyl (C=O) groups excluding carboxylic acids is 1. The van der Waals surface area contributed by atoms with Gasteiger partial charge in [0.1, 0.15) is 11.6 Å². The van der Waals surface area contributed by atoms with Gasteiger partial charge in [-0.05, 0) is 39.2 Å². The fourth-order valence-electron chi connectivity index (χ4n) is 3.06. The van der Waals surface area contributed by atoms with Gasteiger partial charge in [-0.15, -0.1) is 0 Å². The summed E-state index contributed by atoms with van der Waals surface area (Å²) in [6.45, 7) is 2.72. The Kier molecular flexibility index (Phi) is 2.89. The molecule has 1 unspecified atom stereocenters. The van der Waals surface area contributed by atoms with Gasteiger partial charge >= 0.3 is 0 Å². The first-order valence-corrected chi connectivity index (χ1v) is 6.76. The van der Waals surface area contributed by atoms with E-state index in [1.165, 1.54) is 12.6 Å². The Labute approximate surface area is 112 Å². The van der Waals surface area contributed by atoms with Crippen molar-refractivity contribution >= 4 is 11.7 Å². The predicted molar refractivity (Wildman–Crippen MR) is 71.6 cm³/mol. The third-order valence-electron chi connectivity index (χ3n) is 4.31. The minimum atomic E-state index is -0.169. The number of nitrogens with two attached hydrogens (primary N) is 1. The van der Waals surface area contributed by atoms with E-state index in [0.717, 1.165) is 25.8 Å². The quantitative estimate of drug-likeness (QED) is 0.715. The number of nitrogens with zero attached hydrogens (tertiary/aromatic N) is 2. The van der Waals surface area contributed by atoms with Crippen LogP contribution in [0.15, 0.2) is 6.20 Å². The van der Waals surface area contributed by atoms with E-state index in [0.29, 0.717) is 11.4 Å². The summed E-state index contributed by atoms with van der Waals surface area (Å²) in [5.41, 5.74) is 6.27. The first-order chi connectivity index (χ1) is 9.11. The minimum Gasteiger partial charge on any atom is -0.383 e. The molecule has 1 amide bonds. The van der Waals surface area contributed by atoms with Crippen molar-refractivity contribution in [2.45, 2.75) is 44.2 Å². The summed E-state index contributed by atoms with van der Waals surface area (Å²) < 4.78 is 0.